The molecular formula is C21H19F3N4O2. The monoisotopic (exact) mass is 416 g/mol. The fourth-order valence-electron chi connectivity index (χ4n) is 3.43. The third kappa shape index (κ3) is 4.68. The Bertz CT molecular complexity index is 1000. The number of rotatable bonds is 5. The maximum absolute atomic E-state index is 12.6. The zero-order valence-electron chi connectivity index (χ0n) is 15.9. The van der Waals surface area contributed by atoms with Crippen molar-refractivity contribution in [3.63, 3.8) is 0 Å². The summed E-state index contributed by atoms with van der Waals surface area (Å²) in [6.45, 7) is 2.51. The molecule has 1 amide bonds. The zero-order valence-corrected chi connectivity index (χ0v) is 15.9. The standard InChI is InChI=1S/C21H19F3N4O2/c22-21(23,24)20-26-18(27-30-20)15-6-8-16(9-7-15)19(29)25-17-10-11-28(13-17)12-14-4-2-1-3-5-14/h1-9,17H,10-13H2,(H,25,29). The molecule has 0 saturated carbocycles. The number of halogens is 3. The first kappa shape index (κ1) is 20.1. The molecule has 6 nitrogen and oxygen atoms in total. The highest BCUT2D eigenvalue weighted by Crippen LogP contribution is 2.29. The first-order valence-corrected chi connectivity index (χ1v) is 9.47. The van der Waals surface area contributed by atoms with Crippen molar-refractivity contribution < 1.29 is 22.5 Å². The van der Waals surface area contributed by atoms with Crippen molar-refractivity contribution >= 4 is 5.91 Å². The van der Waals surface area contributed by atoms with Crippen molar-refractivity contribution in [3.8, 4) is 11.4 Å². The van der Waals surface area contributed by atoms with Gasteiger partial charge < -0.3 is 9.84 Å². The first-order chi connectivity index (χ1) is 14.4. The lowest BCUT2D eigenvalue weighted by Gasteiger charge is -2.17. The van der Waals surface area contributed by atoms with Crippen molar-refractivity contribution in [2.75, 3.05) is 13.1 Å². The maximum atomic E-state index is 12.6. The topological polar surface area (TPSA) is 71.3 Å². The molecule has 2 aromatic carbocycles. The highest BCUT2D eigenvalue weighted by molar-refractivity contribution is 5.94. The number of aromatic nitrogens is 2. The van der Waals surface area contributed by atoms with E-state index in [1.807, 2.05) is 18.2 Å². The number of nitrogens with one attached hydrogen (secondary N) is 1. The van der Waals surface area contributed by atoms with Gasteiger partial charge in [0, 0.05) is 36.8 Å². The van der Waals surface area contributed by atoms with Gasteiger partial charge in [-0.15, -0.1) is 0 Å². The molecule has 9 heteroatoms. The third-order valence-corrected chi connectivity index (χ3v) is 4.93. The minimum absolute atomic E-state index is 0.0486. The van der Waals surface area contributed by atoms with Gasteiger partial charge >= 0.3 is 12.1 Å². The molecule has 0 aliphatic carbocycles. The summed E-state index contributed by atoms with van der Waals surface area (Å²) in [4.78, 5) is 18.2. The average molecular weight is 416 g/mol. The van der Waals surface area contributed by atoms with Crippen LogP contribution in [0.4, 0.5) is 13.2 Å². The largest absolute Gasteiger partial charge is 0.471 e. The summed E-state index contributed by atoms with van der Waals surface area (Å²) >= 11 is 0. The van der Waals surface area contributed by atoms with Gasteiger partial charge in [0.15, 0.2) is 0 Å². The van der Waals surface area contributed by atoms with Crippen molar-refractivity contribution in [2.24, 2.45) is 0 Å². The van der Waals surface area contributed by atoms with Crippen LogP contribution < -0.4 is 5.32 Å². The Labute approximate surface area is 170 Å². The van der Waals surface area contributed by atoms with Gasteiger partial charge in [-0.2, -0.15) is 18.2 Å². The van der Waals surface area contributed by atoms with E-state index in [1.54, 1.807) is 0 Å². The van der Waals surface area contributed by atoms with E-state index in [9.17, 15) is 18.0 Å². The lowest BCUT2D eigenvalue weighted by Crippen LogP contribution is -2.36. The summed E-state index contributed by atoms with van der Waals surface area (Å²) in [5.41, 5.74) is 1.98. The Morgan fingerprint density at radius 2 is 1.87 bits per heavy atom. The van der Waals surface area contributed by atoms with Crippen LogP contribution in [0.2, 0.25) is 0 Å². The van der Waals surface area contributed by atoms with Crippen LogP contribution in [0.15, 0.2) is 59.1 Å². The molecule has 1 saturated heterocycles. The van der Waals surface area contributed by atoms with E-state index in [1.165, 1.54) is 29.8 Å². The summed E-state index contributed by atoms with van der Waals surface area (Å²) < 4.78 is 42.0. The second-order valence-electron chi connectivity index (χ2n) is 7.18. The number of amides is 1. The summed E-state index contributed by atoms with van der Waals surface area (Å²) in [5, 5.41) is 6.36. The fourth-order valence-corrected chi connectivity index (χ4v) is 3.43. The number of hydrogen-bond acceptors (Lipinski definition) is 5. The molecule has 0 bridgehead atoms. The number of nitrogens with zero attached hydrogens (tertiary/aromatic N) is 3. The molecule has 1 unspecified atom stereocenters. The van der Waals surface area contributed by atoms with Crippen LogP contribution in [0.3, 0.4) is 0 Å². The smallest absolute Gasteiger partial charge is 0.348 e. The Kier molecular flexibility index (Phi) is 5.54. The predicted octanol–water partition coefficient (Wildman–Crippen LogP) is 3.76. The van der Waals surface area contributed by atoms with Crippen molar-refractivity contribution in [1.29, 1.82) is 0 Å². The second-order valence-corrected chi connectivity index (χ2v) is 7.18. The van der Waals surface area contributed by atoms with E-state index in [2.05, 4.69) is 37.0 Å². The molecule has 1 aliphatic rings. The molecule has 156 valence electrons. The molecule has 4 rings (SSSR count). The fraction of sp³-hybridized carbons (Fsp3) is 0.286. The van der Waals surface area contributed by atoms with Crippen LogP contribution in [-0.4, -0.2) is 40.1 Å². The summed E-state index contributed by atoms with van der Waals surface area (Å²) in [7, 11) is 0. The van der Waals surface area contributed by atoms with E-state index >= 15 is 0 Å². The second kappa shape index (κ2) is 8.27. The van der Waals surface area contributed by atoms with Crippen LogP contribution in [0.25, 0.3) is 11.4 Å². The number of benzene rings is 2. The van der Waals surface area contributed by atoms with E-state index in [4.69, 9.17) is 0 Å². The van der Waals surface area contributed by atoms with E-state index in [0.29, 0.717) is 11.1 Å². The van der Waals surface area contributed by atoms with E-state index in [0.717, 1.165) is 26.1 Å². The number of alkyl halides is 3. The molecule has 1 N–H and O–H groups in total. The van der Waals surface area contributed by atoms with Crippen LogP contribution in [0.5, 0.6) is 0 Å². The molecule has 1 aliphatic heterocycles. The Hall–Kier alpha value is -3.20. The molecule has 0 radical (unpaired) electrons. The van der Waals surface area contributed by atoms with Gasteiger partial charge in [0.05, 0.1) is 0 Å². The molecule has 30 heavy (non-hydrogen) atoms. The zero-order chi connectivity index (χ0) is 21.1. The molecule has 1 aromatic heterocycles. The van der Waals surface area contributed by atoms with Crippen LogP contribution in [0.1, 0.15) is 28.2 Å². The van der Waals surface area contributed by atoms with Crippen molar-refractivity contribution in [3.05, 3.63) is 71.6 Å². The van der Waals surface area contributed by atoms with Gasteiger partial charge in [0.1, 0.15) is 0 Å². The quantitative estimate of drug-likeness (QED) is 0.686. The van der Waals surface area contributed by atoms with Gasteiger partial charge in [0.2, 0.25) is 5.82 Å². The molecule has 0 spiro atoms. The van der Waals surface area contributed by atoms with Crippen LogP contribution in [-0.2, 0) is 12.7 Å². The highest BCUT2D eigenvalue weighted by Gasteiger charge is 2.38. The van der Waals surface area contributed by atoms with E-state index < -0.39 is 12.1 Å². The number of carbonyl (C=O) groups is 1. The lowest BCUT2D eigenvalue weighted by atomic mass is 10.1. The SMILES string of the molecule is O=C(NC1CCN(Cc2ccccc2)C1)c1ccc(-c2noc(C(F)(F)F)n2)cc1. The molecule has 2 heterocycles. The minimum Gasteiger partial charge on any atom is -0.348 e. The van der Waals surface area contributed by atoms with Gasteiger partial charge in [-0.1, -0.05) is 47.6 Å². The van der Waals surface area contributed by atoms with Crippen molar-refractivity contribution in [1.82, 2.24) is 20.4 Å². The van der Waals surface area contributed by atoms with Crippen LogP contribution >= 0.6 is 0 Å². The Morgan fingerprint density at radius 1 is 1.13 bits per heavy atom. The molecule has 1 fully saturated rings. The number of carbonyl (C=O) groups excluding carboxylic acids is 1. The molecular weight excluding hydrogens is 397 g/mol. The number of hydrogen-bond donors (Lipinski definition) is 1. The summed E-state index contributed by atoms with van der Waals surface area (Å²) in [6.07, 6.45) is -3.83. The number of likely N-dealkylation sites (tertiary alicyclic amines) is 1. The molecule has 1 atom stereocenters. The summed E-state index contributed by atoms with van der Waals surface area (Å²) in [5.74, 6) is -1.81. The minimum atomic E-state index is -4.69. The van der Waals surface area contributed by atoms with E-state index in [-0.39, 0.29) is 17.8 Å². The molecule has 3 aromatic rings. The van der Waals surface area contributed by atoms with Crippen LogP contribution in [0, 0.1) is 0 Å². The van der Waals surface area contributed by atoms with Gasteiger partial charge in [-0.05, 0) is 24.1 Å². The third-order valence-electron chi connectivity index (χ3n) is 4.93. The van der Waals surface area contributed by atoms with Crippen molar-refractivity contribution in [2.45, 2.75) is 25.2 Å². The maximum Gasteiger partial charge on any atom is 0.471 e. The van der Waals surface area contributed by atoms with Gasteiger partial charge in [-0.3, -0.25) is 9.69 Å². The highest BCUT2D eigenvalue weighted by atomic mass is 19.4. The normalized spacial score (nSPS) is 17.2. The van der Waals surface area contributed by atoms with Gasteiger partial charge in [-0.25, -0.2) is 0 Å². The lowest BCUT2D eigenvalue weighted by molar-refractivity contribution is -0.159. The first-order valence-electron chi connectivity index (χ1n) is 9.47. The van der Waals surface area contributed by atoms with Gasteiger partial charge in [0.25, 0.3) is 5.91 Å². The Morgan fingerprint density at radius 3 is 2.53 bits per heavy atom. The average Bonchev–Trinajstić information content (AvgIpc) is 3.39. The predicted molar refractivity (Wildman–Crippen MR) is 102 cm³/mol. The summed E-state index contributed by atoms with van der Waals surface area (Å²) in [6, 6.07) is 16.3. The Balaban J connectivity index is 1.33.